The highest BCUT2D eigenvalue weighted by Crippen LogP contribution is 2.34. The molecule has 0 radical (unpaired) electrons. The second kappa shape index (κ2) is 16.2. The molecule has 1 aromatic heterocycles. The quantitative estimate of drug-likeness (QED) is 0.284. The molecule has 2 aromatic carbocycles. The van der Waals surface area contributed by atoms with Crippen LogP contribution in [0.3, 0.4) is 0 Å². The zero-order valence-corrected chi connectivity index (χ0v) is 29.7. The molecule has 3 N–H and O–H groups in total. The minimum atomic E-state index is -3.73. The third kappa shape index (κ3) is 9.02. The van der Waals surface area contributed by atoms with Gasteiger partial charge in [0, 0.05) is 50.1 Å². The Hall–Kier alpha value is -3.89. The number of aliphatic hydroxyl groups excluding tert-OH is 1. The minimum absolute atomic E-state index is 0.0829. The lowest BCUT2D eigenvalue weighted by molar-refractivity contribution is -0.00832. The van der Waals surface area contributed by atoms with Gasteiger partial charge >= 0.3 is 6.03 Å². The average Bonchev–Trinajstić information content (AvgIpc) is 3.79. The van der Waals surface area contributed by atoms with Crippen LogP contribution in [0.15, 0.2) is 58.1 Å². The number of ether oxygens (including phenoxy) is 4. The number of nitrogens with zero attached hydrogens (tertiary/aromatic N) is 2. The summed E-state index contributed by atoms with van der Waals surface area (Å²) in [6, 6.07) is 12.1. The second-order valence-corrected chi connectivity index (χ2v) is 15.6. The summed E-state index contributed by atoms with van der Waals surface area (Å²) in [7, 11) is -2.20. The molecular formula is C34H44N4O9S2. The number of amides is 3. The molecule has 2 aliphatic rings. The first-order chi connectivity index (χ1) is 23.5. The molecule has 15 heteroatoms. The number of likely N-dealkylation sites (N-methyl/N-ethyl adjacent to an activating group) is 1. The van der Waals surface area contributed by atoms with Crippen molar-refractivity contribution in [2.75, 3.05) is 50.8 Å². The Kier molecular flexibility index (Phi) is 12.0. The maximum atomic E-state index is 14.4. The van der Waals surface area contributed by atoms with Crippen molar-refractivity contribution < 1.29 is 42.1 Å². The zero-order chi connectivity index (χ0) is 35.1. The fraction of sp³-hybridized carbons (Fsp3) is 0.471. The molecule has 0 saturated carbocycles. The minimum Gasteiger partial charge on any atom is -0.490 e. The van der Waals surface area contributed by atoms with Crippen LogP contribution in [0, 0.1) is 5.92 Å². The summed E-state index contributed by atoms with van der Waals surface area (Å²) >= 11 is 1.15. The molecule has 5 rings (SSSR count). The lowest BCUT2D eigenvalue weighted by atomic mass is 10.0. The summed E-state index contributed by atoms with van der Waals surface area (Å²) in [5.74, 6) is 0.740. The van der Waals surface area contributed by atoms with E-state index in [2.05, 4.69) is 10.6 Å². The van der Waals surface area contributed by atoms with E-state index in [1.54, 1.807) is 65.7 Å². The second-order valence-electron chi connectivity index (χ2n) is 12.4. The number of urea groups is 1. The van der Waals surface area contributed by atoms with Gasteiger partial charge in [0.25, 0.3) is 15.9 Å². The number of carbonyl (C=O) groups is 2. The first kappa shape index (κ1) is 36.4. The monoisotopic (exact) mass is 716 g/mol. The van der Waals surface area contributed by atoms with Gasteiger partial charge in [-0.15, -0.1) is 11.3 Å². The maximum Gasteiger partial charge on any atom is 0.323 e. The number of nitrogens with one attached hydrogen (secondary N) is 2. The van der Waals surface area contributed by atoms with Gasteiger partial charge in [-0.2, -0.15) is 4.31 Å². The molecule has 2 aliphatic heterocycles. The summed E-state index contributed by atoms with van der Waals surface area (Å²) in [5.41, 5.74) is 1.07. The molecule has 3 heterocycles. The van der Waals surface area contributed by atoms with Crippen LogP contribution >= 0.6 is 11.3 Å². The number of fused-ring (bicyclic) bond motifs is 2. The number of hydrogen-bond acceptors (Lipinski definition) is 10. The number of carbonyl (C=O) groups excluding carboxylic acids is 2. The Morgan fingerprint density at radius 1 is 1.06 bits per heavy atom. The molecule has 49 heavy (non-hydrogen) atoms. The van der Waals surface area contributed by atoms with Crippen LogP contribution < -0.4 is 24.8 Å². The van der Waals surface area contributed by atoms with Gasteiger partial charge in [0.15, 0.2) is 11.5 Å². The van der Waals surface area contributed by atoms with Gasteiger partial charge in [0.1, 0.15) is 9.96 Å². The van der Waals surface area contributed by atoms with Crippen molar-refractivity contribution in [3.05, 3.63) is 59.5 Å². The number of anilines is 2. The van der Waals surface area contributed by atoms with Crippen LogP contribution in [0.4, 0.5) is 16.2 Å². The third-order valence-corrected chi connectivity index (χ3v) is 11.7. The van der Waals surface area contributed by atoms with Gasteiger partial charge in [0.05, 0.1) is 30.4 Å². The van der Waals surface area contributed by atoms with E-state index >= 15 is 0 Å². The maximum absolute atomic E-state index is 14.4. The first-order valence-electron chi connectivity index (χ1n) is 16.3. The number of aliphatic hydroxyl groups is 1. The molecule has 13 nitrogen and oxygen atoms in total. The van der Waals surface area contributed by atoms with Crippen molar-refractivity contribution >= 4 is 44.7 Å². The summed E-state index contributed by atoms with van der Waals surface area (Å²) in [6.07, 6.45) is 1.45. The molecule has 4 atom stereocenters. The Morgan fingerprint density at radius 3 is 2.49 bits per heavy atom. The molecule has 0 spiro atoms. The van der Waals surface area contributed by atoms with E-state index in [1.807, 2.05) is 13.8 Å². The number of hydrogen-bond donors (Lipinski definition) is 3. The highest BCUT2D eigenvalue weighted by atomic mass is 32.2. The van der Waals surface area contributed by atoms with Gasteiger partial charge in [-0.1, -0.05) is 13.0 Å². The third-order valence-electron chi connectivity index (χ3n) is 8.54. The molecule has 0 saturated heterocycles. The van der Waals surface area contributed by atoms with Crippen molar-refractivity contribution in [1.29, 1.82) is 0 Å². The van der Waals surface area contributed by atoms with Crippen molar-refractivity contribution in [3.8, 4) is 17.2 Å². The van der Waals surface area contributed by atoms with E-state index in [9.17, 15) is 23.1 Å². The molecule has 3 amide bonds. The van der Waals surface area contributed by atoms with E-state index in [0.29, 0.717) is 41.7 Å². The van der Waals surface area contributed by atoms with Crippen LogP contribution in [-0.4, -0.2) is 93.1 Å². The lowest BCUT2D eigenvalue weighted by Gasteiger charge is -2.35. The molecular weight excluding hydrogens is 673 g/mol. The van der Waals surface area contributed by atoms with E-state index in [4.69, 9.17) is 18.9 Å². The SMILES string of the molecule is C[C@@H]1CCCCO[C@@H](CN(C)S(=O)(=O)c2cccs2)[C@@H](C)CN([C@H](C)CO)C(=O)c2cc(NC(=O)Nc3ccc4c(c3)OCO4)ccc2O1. The van der Waals surface area contributed by atoms with Crippen LogP contribution in [-0.2, 0) is 14.8 Å². The van der Waals surface area contributed by atoms with Gasteiger partial charge in [-0.25, -0.2) is 13.2 Å². The summed E-state index contributed by atoms with van der Waals surface area (Å²) in [5, 5.41) is 17.5. The molecule has 3 aromatic rings. The Morgan fingerprint density at radius 2 is 1.78 bits per heavy atom. The number of sulfonamides is 1. The summed E-state index contributed by atoms with van der Waals surface area (Å²) in [6.45, 7) is 6.04. The highest BCUT2D eigenvalue weighted by molar-refractivity contribution is 7.91. The van der Waals surface area contributed by atoms with Crippen LogP contribution in [0.1, 0.15) is 50.4 Å². The van der Waals surface area contributed by atoms with Gasteiger partial charge in [-0.3, -0.25) is 4.79 Å². The predicted molar refractivity (Wildman–Crippen MR) is 186 cm³/mol. The van der Waals surface area contributed by atoms with Crippen LogP contribution in [0.5, 0.6) is 17.2 Å². The average molecular weight is 717 g/mol. The number of benzene rings is 2. The van der Waals surface area contributed by atoms with Crippen molar-refractivity contribution in [1.82, 2.24) is 9.21 Å². The van der Waals surface area contributed by atoms with E-state index < -0.39 is 34.1 Å². The number of thiophene rings is 1. The van der Waals surface area contributed by atoms with E-state index in [0.717, 1.165) is 24.2 Å². The highest BCUT2D eigenvalue weighted by Gasteiger charge is 2.32. The molecule has 0 unspecified atom stereocenters. The van der Waals surface area contributed by atoms with Crippen LogP contribution in [0.2, 0.25) is 0 Å². The normalized spacial score (nSPS) is 21.0. The van der Waals surface area contributed by atoms with Crippen LogP contribution in [0.25, 0.3) is 0 Å². The zero-order valence-electron chi connectivity index (χ0n) is 28.1. The number of rotatable bonds is 8. The lowest BCUT2D eigenvalue weighted by Crippen LogP contribution is -2.48. The molecule has 0 fully saturated rings. The summed E-state index contributed by atoms with van der Waals surface area (Å²) < 4.78 is 51.4. The fourth-order valence-corrected chi connectivity index (χ4v) is 8.03. The van der Waals surface area contributed by atoms with Gasteiger partial charge in [0.2, 0.25) is 6.79 Å². The van der Waals surface area contributed by atoms with Crippen molar-refractivity contribution in [2.45, 2.75) is 62.5 Å². The summed E-state index contributed by atoms with van der Waals surface area (Å²) in [4.78, 5) is 28.9. The van der Waals surface area contributed by atoms with Gasteiger partial charge < -0.3 is 39.6 Å². The molecule has 0 aliphatic carbocycles. The smallest absolute Gasteiger partial charge is 0.323 e. The first-order valence-corrected chi connectivity index (χ1v) is 18.6. The Bertz CT molecular complexity index is 1700. The molecule has 0 bridgehead atoms. The largest absolute Gasteiger partial charge is 0.490 e. The van der Waals surface area contributed by atoms with E-state index in [1.165, 1.54) is 11.4 Å². The fourth-order valence-electron chi connectivity index (χ4n) is 5.65. The van der Waals surface area contributed by atoms with Crippen molar-refractivity contribution in [2.24, 2.45) is 5.92 Å². The van der Waals surface area contributed by atoms with Crippen molar-refractivity contribution in [3.63, 3.8) is 0 Å². The predicted octanol–water partition coefficient (Wildman–Crippen LogP) is 5.24. The Labute approximate surface area is 291 Å². The van der Waals surface area contributed by atoms with E-state index in [-0.39, 0.29) is 48.3 Å². The van der Waals surface area contributed by atoms with Gasteiger partial charge in [-0.05, 0) is 74.9 Å². The molecule has 266 valence electrons. The topological polar surface area (TPSA) is 156 Å². The standard InChI is InChI=1S/C34H44N4O9S2/c1-22-18-38(23(2)20-39)33(40)27-16-25(35-34(41)36-26-11-13-29-30(17-26)46-21-45-29)10-12-28(27)47-24(3)8-5-6-14-44-31(22)19-37(4)49(42,43)32-9-7-15-48-32/h7,9-13,15-17,22-24,31,39H,5-6,8,14,18-21H2,1-4H3,(H2,35,36,41)/t22-,23+,24+,31-/m0/s1. The Balaban J connectivity index is 1.39.